The molecule has 96 valence electrons. The van der Waals surface area contributed by atoms with Crippen LogP contribution in [0.1, 0.15) is 5.56 Å². The molecule has 0 fully saturated rings. The molecule has 0 radical (unpaired) electrons. The van der Waals surface area contributed by atoms with Crippen molar-refractivity contribution in [2.24, 2.45) is 0 Å². The zero-order valence-electron chi connectivity index (χ0n) is 9.57. The zero-order chi connectivity index (χ0) is 12.7. The summed E-state index contributed by atoms with van der Waals surface area (Å²) in [5, 5.41) is 19.0. The van der Waals surface area contributed by atoms with Crippen LogP contribution in [0.5, 0.6) is 0 Å². The zero-order valence-corrected chi connectivity index (χ0v) is 11.1. The molecule has 0 saturated heterocycles. The van der Waals surface area contributed by atoms with Gasteiger partial charge in [0.25, 0.3) is 0 Å². The van der Waals surface area contributed by atoms with E-state index in [9.17, 15) is 0 Å². The Morgan fingerprint density at radius 2 is 1.41 bits per heavy atom. The van der Waals surface area contributed by atoms with E-state index in [0.717, 1.165) is 18.5 Å². The molecule has 0 atom stereocenters. The minimum atomic E-state index is 0.0936. The van der Waals surface area contributed by atoms with Gasteiger partial charge in [-0.25, -0.2) is 0 Å². The van der Waals surface area contributed by atoms with E-state index in [0.29, 0.717) is 23.1 Å². The molecular formula is C12H17Cl2NO2. The predicted octanol–water partition coefficient (Wildman–Crippen LogP) is 1.82. The highest BCUT2D eigenvalue weighted by Crippen LogP contribution is 2.19. The highest BCUT2D eigenvalue weighted by atomic mass is 35.5. The van der Waals surface area contributed by atoms with Gasteiger partial charge >= 0.3 is 0 Å². The van der Waals surface area contributed by atoms with Crippen LogP contribution >= 0.6 is 23.2 Å². The standard InChI is InChI=1S/C12H17Cl2NO2/c13-11-7-10(8-12(14)9-11)1-2-15(3-5-16)4-6-17/h7-9,16-17H,1-6H2. The molecule has 1 aromatic rings. The number of nitrogens with zero attached hydrogens (tertiary/aromatic N) is 1. The Labute approximate surface area is 112 Å². The van der Waals surface area contributed by atoms with Gasteiger partial charge in [-0.2, -0.15) is 0 Å². The van der Waals surface area contributed by atoms with Crippen LogP contribution in [-0.2, 0) is 6.42 Å². The molecule has 1 rings (SSSR count). The first-order chi connectivity index (χ1) is 8.15. The molecule has 5 heteroatoms. The number of hydrogen-bond donors (Lipinski definition) is 2. The van der Waals surface area contributed by atoms with Crippen molar-refractivity contribution in [2.75, 3.05) is 32.8 Å². The lowest BCUT2D eigenvalue weighted by Crippen LogP contribution is -2.31. The van der Waals surface area contributed by atoms with E-state index < -0.39 is 0 Å². The summed E-state index contributed by atoms with van der Waals surface area (Å²) in [6.45, 7) is 2.08. The van der Waals surface area contributed by atoms with Crippen molar-refractivity contribution in [3.63, 3.8) is 0 Å². The molecule has 0 saturated carbocycles. The Balaban J connectivity index is 2.52. The van der Waals surface area contributed by atoms with E-state index >= 15 is 0 Å². The first-order valence-corrected chi connectivity index (χ1v) is 6.30. The summed E-state index contributed by atoms with van der Waals surface area (Å²) in [7, 11) is 0. The Bertz CT molecular complexity index is 321. The van der Waals surface area contributed by atoms with Crippen molar-refractivity contribution >= 4 is 23.2 Å². The lowest BCUT2D eigenvalue weighted by molar-refractivity contribution is 0.162. The summed E-state index contributed by atoms with van der Waals surface area (Å²) in [5.41, 5.74) is 1.06. The van der Waals surface area contributed by atoms with Gasteiger partial charge in [0, 0.05) is 29.7 Å². The van der Waals surface area contributed by atoms with E-state index in [4.69, 9.17) is 33.4 Å². The van der Waals surface area contributed by atoms with E-state index in [1.165, 1.54) is 0 Å². The number of hydrogen-bond acceptors (Lipinski definition) is 3. The molecule has 2 N–H and O–H groups in total. The number of aliphatic hydroxyl groups is 2. The molecule has 0 aliphatic heterocycles. The quantitative estimate of drug-likeness (QED) is 0.799. The van der Waals surface area contributed by atoms with Crippen LogP contribution in [0.4, 0.5) is 0 Å². The minimum Gasteiger partial charge on any atom is -0.395 e. The Hall–Kier alpha value is -0.320. The van der Waals surface area contributed by atoms with Crippen LogP contribution in [0.3, 0.4) is 0 Å². The van der Waals surface area contributed by atoms with Crippen LogP contribution in [0.25, 0.3) is 0 Å². The van der Waals surface area contributed by atoms with Gasteiger partial charge in [-0.1, -0.05) is 23.2 Å². The molecule has 0 aromatic heterocycles. The van der Waals surface area contributed by atoms with Crippen LogP contribution < -0.4 is 0 Å². The van der Waals surface area contributed by atoms with Crippen LogP contribution in [-0.4, -0.2) is 48.0 Å². The third-order valence-electron chi connectivity index (χ3n) is 2.47. The first kappa shape index (κ1) is 14.7. The third-order valence-corrected chi connectivity index (χ3v) is 2.91. The smallest absolute Gasteiger partial charge is 0.0558 e. The van der Waals surface area contributed by atoms with Crippen LogP contribution in [0, 0.1) is 0 Å². The normalized spacial score (nSPS) is 11.1. The molecule has 0 bridgehead atoms. The van der Waals surface area contributed by atoms with E-state index in [2.05, 4.69) is 0 Å². The Kier molecular flexibility index (Phi) is 6.85. The van der Waals surface area contributed by atoms with Crippen molar-refractivity contribution in [3.05, 3.63) is 33.8 Å². The first-order valence-electron chi connectivity index (χ1n) is 5.54. The van der Waals surface area contributed by atoms with Crippen LogP contribution in [0.15, 0.2) is 18.2 Å². The maximum absolute atomic E-state index is 8.88. The number of rotatable bonds is 7. The second-order valence-electron chi connectivity index (χ2n) is 3.82. The van der Waals surface area contributed by atoms with Gasteiger partial charge in [0.15, 0.2) is 0 Å². The largest absolute Gasteiger partial charge is 0.395 e. The molecule has 0 amide bonds. The van der Waals surface area contributed by atoms with Crippen molar-refractivity contribution in [1.29, 1.82) is 0 Å². The average molecular weight is 278 g/mol. The summed E-state index contributed by atoms with van der Waals surface area (Å²) in [4.78, 5) is 1.99. The fourth-order valence-corrected chi connectivity index (χ4v) is 2.23. The third kappa shape index (κ3) is 5.70. The molecule has 0 aliphatic carbocycles. The van der Waals surface area contributed by atoms with Crippen LogP contribution in [0.2, 0.25) is 10.0 Å². The molecule has 1 aromatic carbocycles. The molecule has 0 heterocycles. The monoisotopic (exact) mass is 277 g/mol. The van der Waals surface area contributed by atoms with E-state index in [1.54, 1.807) is 6.07 Å². The lowest BCUT2D eigenvalue weighted by Gasteiger charge is -2.20. The molecular weight excluding hydrogens is 261 g/mol. The molecule has 3 nitrogen and oxygen atoms in total. The van der Waals surface area contributed by atoms with Crippen molar-refractivity contribution < 1.29 is 10.2 Å². The number of benzene rings is 1. The fourth-order valence-electron chi connectivity index (χ4n) is 1.66. The van der Waals surface area contributed by atoms with Crippen molar-refractivity contribution in [1.82, 2.24) is 4.90 Å². The highest BCUT2D eigenvalue weighted by molar-refractivity contribution is 6.34. The second kappa shape index (κ2) is 7.90. The molecule has 0 spiro atoms. The predicted molar refractivity (Wildman–Crippen MR) is 70.8 cm³/mol. The summed E-state index contributed by atoms with van der Waals surface area (Å²) >= 11 is 11.8. The maximum Gasteiger partial charge on any atom is 0.0558 e. The van der Waals surface area contributed by atoms with Crippen molar-refractivity contribution in [2.45, 2.75) is 6.42 Å². The van der Waals surface area contributed by atoms with Gasteiger partial charge in [-0.3, -0.25) is 4.90 Å². The number of aliphatic hydroxyl groups excluding tert-OH is 2. The van der Waals surface area contributed by atoms with Gasteiger partial charge in [-0.15, -0.1) is 0 Å². The SMILES string of the molecule is OCCN(CCO)CCc1cc(Cl)cc(Cl)c1. The maximum atomic E-state index is 8.88. The number of halogens is 2. The van der Waals surface area contributed by atoms with E-state index in [-0.39, 0.29) is 13.2 Å². The lowest BCUT2D eigenvalue weighted by atomic mass is 10.1. The molecule has 17 heavy (non-hydrogen) atoms. The van der Waals surface area contributed by atoms with Gasteiger partial charge in [0.1, 0.15) is 0 Å². The van der Waals surface area contributed by atoms with Crippen molar-refractivity contribution in [3.8, 4) is 0 Å². The van der Waals surface area contributed by atoms with E-state index in [1.807, 2.05) is 17.0 Å². The summed E-state index contributed by atoms with van der Waals surface area (Å²) in [5.74, 6) is 0. The Morgan fingerprint density at radius 3 is 1.88 bits per heavy atom. The highest BCUT2D eigenvalue weighted by Gasteiger charge is 2.05. The van der Waals surface area contributed by atoms with Gasteiger partial charge in [0.05, 0.1) is 13.2 Å². The molecule has 0 aliphatic rings. The molecule has 0 unspecified atom stereocenters. The Morgan fingerprint density at radius 1 is 0.882 bits per heavy atom. The summed E-state index contributed by atoms with van der Waals surface area (Å²) in [6, 6.07) is 5.46. The van der Waals surface area contributed by atoms with Gasteiger partial charge in [-0.05, 0) is 30.2 Å². The average Bonchev–Trinajstić information content (AvgIpc) is 2.25. The van der Waals surface area contributed by atoms with Gasteiger partial charge in [0.2, 0.25) is 0 Å². The van der Waals surface area contributed by atoms with Gasteiger partial charge < -0.3 is 10.2 Å². The second-order valence-corrected chi connectivity index (χ2v) is 4.69. The summed E-state index contributed by atoms with van der Waals surface area (Å²) in [6.07, 6.45) is 0.792. The summed E-state index contributed by atoms with van der Waals surface area (Å²) < 4.78 is 0. The minimum absolute atomic E-state index is 0.0936. The fraction of sp³-hybridized carbons (Fsp3) is 0.500. The topological polar surface area (TPSA) is 43.7 Å².